The average Bonchev–Trinajstić information content (AvgIpc) is 3.50. The summed E-state index contributed by atoms with van der Waals surface area (Å²) in [5, 5.41) is 45.8. The number of hydrogen-bond acceptors (Lipinski definition) is 10. The molecule has 8 atom stereocenters. The van der Waals surface area contributed by atoms with E-state index >= 15 is 0 Å². The van der Waals surface area contributed by atoms with Gasteiger partial charge in [-0.3, -0.25) is 38.5 Å². The largest absolute Gasteiger partial charge is 0.508 e. The van der Waals surface area contributed by atoms with E-state index < -0.39 is 102 Å². The molecule has 0 saturated carbocycles. The molecule has 1 unspecified atom stereocenters. The summed E-state index contributed by atoms with van der Waals surface area (Å²) in [7, 11) is 0. The van der Waals surface area contributed by atoms with Crippen molar-refractivity contribution < 1.29 is 48.9 Å². The van der Waals surface area contributed by atoms with Gasteiger partial charge in [-0.1, -0.05) is 26.0 Å². The average molecular weight is 746 g/mol. The lowest BCUT2D eigenvalue weighted by Gasteiger charge is -2.38. The number of carboxylic acids is 1. The van der Waals surface area contributed by atoms with Crippen molar-refractivity contribution in [3.05, 3.63) is 29.8 Å². The van der Waals surface area contributed by atoms with Crippen molar-refractivity contribution in [1.29, 1.82) is 0 Å². The maximum Gasteiger partial charge on any atom is 0.305 e. The Bertz CT molecular complexity index is 1510. The Morgan fingerprint density at radius 3 is 1.98 bits per heavy atom. The van der Waals surface area contributed by atoms with Crippen LogP contribution in [0.5, 0.6) is 5.75 Å². The van der Waals surface area contributed by atoms with Gasteiger partial charge in [-0.25, -0.2) is 0 Å². The molecule has 294 valence electrons. The molecule has 1 aromatic carbocycles. The van der Waals surface area contributed by atoms with Crippen LogP contribution in [0, 0.1) is 5.92 Å². The number of phenolic OH excluding ortho intramolecular Hbond substituents is 1. The molecule has 53 heavy (non-hydrogen) atoms. The van der Waals surface area contributed by atoms with Gasteiger partial charge in [-0.2, -0.15) is 0 Å². The number of phenols is 1. The zero-order valence-corrected chi connectivity index (χ0v) is 31.4. The minimum Gasteiger partial charge on any atom is -0.508 e. The van der Waals surface area contributed by atoms with Gasteiger partial charge in [0.15, 0.2) is 0 Å². The first kappa shape index (κ1) is 42.6. The van der Waals surface area contributed by atoms with E-state index in [-0.39, 0.29) is 31.1 Å². The maximum absolute atomic E-state index is 14.2. The lowest BCUT2D eigenvalue weighted by Crippen LogP contribution is -2.66. The molecule has 0 bridgehead atoms. The monoisotopic (exact) mass is 745 g/mol. The summed E-state index contributed by atoms with van der Waals surface area (Å²) < 4.78 is 0. The van der Waals surface area contributed by atoms with E-state index in [0.29, 0.717) is 18.4 Å². The van der Waals surface area contributed by atoms with Crippen LogP contribution in [0.25, 0.3) is 0 Å². The number of fused-ring (bicyclic) bond motifs is 1. The zero-order chi connectivity index (χ0) is 39.8. The first-order valence-corrected chi connectivity index (χ1v) is 17.9. The van der Waals surface area contributed by atoms with Gasteiger partial charge in [-0.05, 0) is 84.0 Å². The van der Waals surface area contributed by atoms with Crippen LogP contribution in [0.1, 0.15) is 79.7 Å². The summed E-state index contributed by atoms with van der Waals surface area (Å²) in [4.78, 5) is 96.4. The molecule has 2 aliphatic rings. The summed E-state index contributed by atoms with van der Waals surface area (Å²) in [6, 6.07) is -2.93. The fraction of sp³-hybridized carbons (Fsp3) is 0.639. The summed E-state index contributed by atoms with van der Waals surface area (Å²) in [5.74, 6) is -6.31. The highest BCUT2D eigenvalue weighted by Crippen LogP contribution is 2.24. The molecular weight excluding hydrogens is 690 g/mol. The number of nitrogens with one attached hydrogen (secondary N) is 6. The Balaban J connectivity index is 2.16. The van der Waals surface area contributed by atoms with Crippen molar-refractivity contribution >= 4 is 41.4 Å². The van der Waals surface area contributed by atoms with Crippen molar-refractivity contribution in [2.45, 2.75) is 135 Å². The first-order chi connectivity index (χ1) is 24.7. The van der Waals surface area contributed by atoms with Gasteiger partial charge >= 0.3 is 5.97 Å². The van der Waals surface area contributed by atoms with E-state index in [0.717, 1.165) is 0 Å². The molecule has 0 spiro atoms. The van der Waals surface area contributed by atoms with Crippen molar-refractivity contribution in [2.24, 2.45) is 5.92 Å². The second-order valence-corrected chi connectivity index (χ2v) is 15.4. The number of aliphatic hydroxyl groups is 1. The van der Waals surface area contributed by atoms with Crippen LogP contribution in [0.4, 0.5) is 0 Å². The Morgan fingerprint density at radius 1 is 0.849 bits per heavy atom. The van der Waals surface area contributed by atoms with Crippen molar-refractivity contribution in [3.8, 4) is 5.75 Å². The molecule has 2 saturated heterocycles. The fourth-order valence-corrected chi connectivity index (χ4v) is 6.54. The van der Waals surface area contributed by atoms with Gasteiger partial charge in [0.05, 0.1) is 24.6 Å². The zero-order valence-electron chi connectivity index (χ0n) is 31.4. The lowest BCUT2D eigenvalue weighted by atomic mass is 9.99. The van der Waals surface area contributed by atoms with E-state index in [1.807, 2.05) is 0 Å². The number of benzene rings is 1. The number of carbonyl (C=O) groups excluding carboxylic acids is 6. The van der Waals surface area contributed by atoms with E-state index in [2.05, 4.69) is 31.9 Å². The number of rotatable bonds is 8. The molecule has 2 aliphatic heterocycles. The fourth-order valence-electron chi connectivity index (χ4n) is 6.54. The van der Waals surface area contributed by atoms with E-state index in [4.69, 9.17) is 0 Å². The van der Waals surface area contributed by atoms with Crippen LogP contribution in [-0.4, -0.2) is 122 Å². The highest BCUT2D eigenvalue weighted by Gasteiger charge is 2.44. The second kappa shape index (κ2) is 18.3. The van der Waals surface area contributed by atoms with Crippen LogP contribution < -0.4 is 31.9 Å². The van der Waals surface area contributed by atoms with Crippen LogP contribution in [0.3, 0.4) is 0 Å². The predicted molar refractivity (Wildman–Crippen MR) is 192 cm³/mol. The van der Waals surface area contributed by atoms with Crippen molar-refractivity contribution in [1.82, 2.24) is 36.8 Å². The van der Waals surface area contributed by atoms with Crippen LogP contribution in [0.2, 0.25) is 0 Å². The predicted octanol–water partition coefficient (Wildman–Crippen LogP) is -0.958. The minimum absolute atomic E-state index is 0.0114. The Labute approximate surface area is 309 Å². The summed E-state index contributed by atoms with van der Waals surface area (Å²) in [6.07, 6.45) is -1.56. The van der Waals surface area contributed by atoms with Crippen molar-refractivity contribution in [3.63, 3.8) is 0 Å². The number of carboxylic acid groups (broad SMARTS) is 1. The highest BCUT2D eigenvalue weighted by molar-refractivity contribution is 5.97. The number of aliphatic carboxylic acids is 1. The lowest BCUT2D eigenvalue weighted by molar-refractivity contribution is -0.142. The van der Waals surface area contributed by atoms with E-state index in [1.165, 1.54) is 19.1 Å². The van der Waals surface area contributed by atoms with Gasteiger partial charge in [-0.15, -0.1) is 0 Å². The number of hydrogen-bond donors (Lipinski definition) is 9. The van der Waals surface area contributed by atoms with Gasteiger partial charge < -0.3 is 47.2 Å². The number of carbonyl (C=O) groups is 7. The molecule has 1 aromatic rings. The minimum atomic E-state index is -1.72. The molecule has 17 nitrogen and oxygen atoms in total. The first-order valence-electron chi connectivity index (χ1n) is 17.9. The number of aromatic hydroxyl groups is 1. The smallest absolute Gasteiger partial charge is 0.305 e. The highest BCUT2D eigenvalue weighted by atomic mass is 16.4. The Kier molecular flexibility index (Phi) is 14.7. The maximum atomic E-state index is 14.2. The molecule has 6 amide bonds. The van der Waals surface area contributed by atoms with Gasteiger partial charge in [0.2, 0.25) is 35.4 Å². The molecule has 2 heterocycles. The molecule has 2 fully saturated rings. The molecule has 0 aromatic heterocycles. The van der Waals surface area contributed by atoms with Crippen molar-refractivity contribution in [2.75, 3.05) is 6.54 Å². The standard InChI is InChI=1S/C36H55N7O10/c1-18(2)15-23-30(48)39-25(17-27(46)47)32(50)41-28(20(4)44)34(52)37-19(3)29(35(53)42-36(5,6)7)43-14-8-9-26(43)33(51)40-24(31(49)38-23)16-21-10-12-22(45)13-11-21/h10-13,18-20,23-26,28-29,44-45H,8-9,14-17H2,1-7H3,(H,37,52)(H,38,49)(H,39,48)(H,40,51)(H,41,50)(H,42,53)(H,46,47)/t19-,20+,23-,24-,25?,26-,28-,29-/m0/s1. The molecule has 0 radical (unpaired) electrons. The molecular formula is C36H55N7O10. The third-order valence-corrected chi connectivity index (χ3v) is 8.99. The topological polar surface area (TPSA) is 256 Å². The van der Waals surface area contributed by atoms with E-state index in [9.17, 15) is 48.9 Å². The Morgan fingerprint density at radius 2 is 1.42 bits per heavy atom. The summed E-state index contributed by atoms with van der Waals surface area (Å²) in [6.45, 7) is 11.9. The summed E-state index contributed by atoms with van der Waals surface area (Å²) >= 11 is 0. The van der Waals surface area contributed by atoms with Crippen LogP contribution in [-0.2, 0) is 40.0 Å². The van der Waals surface area contributed by atoms with E-state index in [1.54, 1.807) is 58.6 Å². The molecule has 0 aliphatic carbocycles. The number of aliphatic hydroxyl groups excluding tert-OH is 1. The number of amides is 6. The van der Waals surface area contributed by atoms with Gasteiger partial charge in [0.25, 0.3) is 0 Å². The molecule has 17 heteroatoms. The number of nitrogens with zero attached hydrogens (tertiary/aromatic N) is 1. The van der Waals surface area contributed by atoms with Gasteiger partial charge in [0.1, 0.15) is 36.0 Å². The third-order valence-electron chi connectivity index (χ3n) is 8.99. The summed E-state index contributed by atoms with van der Waals surface area (Å²) in [5.41, 5.74) is -0.132. The van der Waals surface area contributed by atoms with Gasteiger partial charge in [0, 0.05) is 12.0 Å². The quantitative estimate of drug-likeness (QED) is 0.157. The third kappa shape index (κ3) is 12.4. The Hall–Kier alpha value is -4.77. The second-order valence-electron chi connectivity index (χ2n) is 15.4. The molecule has 3 rings (SSSR count). The van der Waals surface area contributed by atoms with Crippen LogP contribution in [0.15, 0.2) is 24.3 Å². The normalized spacial score (nSPS) is 27.6. The van der Waals surface area contributed by atoms with Crippen LogP contribution >= 0.6 is 0 Å². The SMILES string of the molecule is CC(C)C[C@@H]1NC(=O)[C@H](Cc2ccc(O)cc2)NC(=O)[C@@H]2CCCN2[C@H](C(=O)NC(C)(C)C)[C@H](C)NC(=O)[C@H]([C@@H](C)O)NC(=O)C(CC(=O)O)NC1=O. The molecule has 9 N–H and O–H groups in total.